The van der Waals surface area contributed by atoms with Gasteiger partial charge in [-0.05, 0) is 51.9 Å². The molecule has 2 heterocycles. The molecule has 5 heteroatoms. The maximum absolute atomic E-state index is 11.6. The molecule has 0 amide bonds. The van der Waals surface area contributed by atoms with Crippen LogP contribution in [-0.2, 0) is 9.22 Å². The van der Waals surface area contributed by atoms with Crippen molar-refractivity contribution in [2.75, 3.05) is 0 Å². The van der Waals surface area contributed by atoms with Crippen molar-refractivity contribution in [3.05, 3.63) is 11.3 Å². The molecule has 2 unspecified atom stereocenters. The Morgan fingerprint density at radius 3 is 2.50 bits per heavy atom. The second-order valence-corrected chi connectivity index (χ2v) is 11.2. The maximum Gasteiger partial charge on any atom is 0.324 e. The van der Waals surface area contributed by atoms with E-state index in [0.29, 0.717) is 12.8 Å². The number of rotatable bonds is 3. The summed E-state index contributed by atoms with van der Waals surface area (Å²) < 4.78 is 6.13. The van der Waals surface area contributed by atoms with E-state index in [9.17, 15) is 9.90 Å². The molecule has 0 aromatic heterocycles. The lowest BCUT2D eigenvalue weighted by Gasteiger charge is -2.40. The molecule has 0 aliphatic carbocycles. The number of hydrogen-bond acceptors (Lipinski definition) is 3. The molecule has 1 saturated heterocycles. The fourth-order valence-electron chi connectivity index (χ4n) is 2.96. The molecule has 2 rings (SSSR count). The summed E-state index contributed by atoms with van der Waals surface area (Å²) in [5.74, 6) is 0.158. The van der Waals surface area contributed by atoms with E-state index < -0.39 is 19.8 Å². The van der Waals surface area contributed by atoms with Crippen LogP contribution in [0.2, 0.25) is 19.6 Å². The Labute approximate surface area is 110 Å². The Morgan fingerprint density at radius 2 is 2.00 bits per heavy atom. The van der Waals surface area contributed by atoms with Crippen molar-refractivity contribution in [3.63, 3.8) is 0 Å². The minimum atomic E-state index is -1.70. The van der Waals surface area contributed by atoms with Gasteiger partial charge in [0, 0.05) is 12.0 Å². The number of carboxylic acids is 1. The van der Waals surface area contributed by atoms with Gasteiger partial charge in [0.15, 0.2) is 0 Å². The van der Waals surface area contributed by atoms with Crippen molar-refractivity contribution in [1.82, 2.24) is 5.32 Å². The number of hydrogen-bond donors (Lipinski definition) is 2. The van der Waals surface area contributed by atoms with Gasteiger partial charge < -0.3 is 9.53 Å². The topological polar surface area (TPSA) is 58.6 Å². The molecule has 2 bridgehead atoms. The molecule has 0 spiro atoms. The minimum absolute atomic E-state index is 0.217. The smallest absolute Gasteiger partial charge is 0.324 e. The fourth-order valence-corrected chi connectivity index (χ4v) is 3.93. The predicted octanol–water partition coefficient (Wildman–Crippen LogP) is 2.48. The average Bonchev–Trinajstić information content (AvgIpc) is 2.50. The second kappa shape index (κ2) is 3.84. The molecule has 2 N–H and O–H groups in total. The van der Waals surface area contributed by atoms with E-state index in [1.54, 1.807) is 0 Å². The highest BCUT2D eigenvalue weighted by Gasteiger charge is 2.55. The molecule has 1 fully saturated rings. The highest BCUT2D eigenvalue weighted by Crippen LogP contribution is 2.46. The number of carbonyl (C=O) groups is 1. The van der Waals surface area contributed by atoms with Crippen LogP contribution in [0.15, 0.2) is 11.3 Å². The van der Waals surface area contributed by atoms with Crippen LogP contribution in [0.25, 0.3) is 0 Å². The summed E-state index contributed by atoms with van der Waals surface area (Å²) in [6.07, 6.45) is 2.02. The number of nitrogens with one attached hydrogen (secondary N) is 1. The van der Waals surface area contributed by atoms with Crippen molar-refractivity contribution in [1.29, 1.82) is 0 Å². The molecular weight excluding hydrogens is 246 g/mol. The first-order valence-corrected chi connectivity index (χ1v) is 9.91. The van der Waals surface area contributed by atoms with Crippen LogP contribution in [0.5, 0.6) is 0 Å². The summed E-state index contributed by atoms with van der Waals surface area (Å²) in [7, 11) is -1.70. The Bertz CT molecular complexity index is 426. The zero-order chi connectivity index (χ0) is 13.8. The van der Waals surface area contributed by atoms with Gasteiger partial charge in [-0.15, -0.1) is 0 Å². The first-order valence-electron chi connectivity index (χ1n) is 6.50. The van der Waals surface area contributed by atoms with Crippen LogP contribution in [0.4, 0.5) is 0 Å². The van der Waals surface area contributed by atoms with Crippen LogP contribution in [0.3, 0.4) is 0 Å². The Balaban J connectivity index is 2.39. The fraction of sp³-hybridized carbons (Fsp3) is 0.769. The Kier molecular flexibility index (Phi) is 2.90. The second-order valence-electron chi connectivity index (χ2n) is 6.78. The van der Waals surface area contributed by atoms with Gasteiger partial charge in [-0.1, -0.05) is 0 Å². The van der Waals surface area contributed by atoms with Crippen molar-refractivity contribution in [3.8, 4) is 0 Å². The van der Waals surface area contributed by atoms with Gasteiger partial charge in [0.05, 0.1) is 5.76 Å². The largest absolute Gasteiger partial charge is 0.547 e. The van der Waals surface area contributed by atoms with Gasteiger partial charge >= 0.3 is 5.97 Å². The minimum Gasteiger partial charge on any atom is -0.547 e. The first kappa shape index (κ1) is 13.6. The van der Waals surface area contributed by atoms with Gasteiger partial charge in [-0.25, -0.2) is 0 Å². The summed E-state index contributed by atoms with van der Waals surface area (Å²) in [6.45, 7) is 10.5. The molecule has 0 saturated carbocycles. The van der Waals surface area contributed by atoms with Gasteiger partial charge in [-0.2, -0.15) is 0 Å². The van der Waals surface area contributed by atoms with Crippen LogP contribution in [0, 0.1) is 0 Å². The SMILES string of the molecule is CC1=C(O[Si](C)(C)C)CC2(C(=O)O)CCC1(C)N2. The maximum atomic E-state index is 11.6. The van der Waals surface area contributed by atoms with Crippen LogP contribution >= 0.6 is 0 Å². The van der Waals surface area contributed by atoms with E-state index in [4.69, 9.17) is 4.43 Å². The molecule has 2 aliphatic heterocycles. The lowest BCUT2D eigenvalue weighted by Crippen LogP contribution is -2.58. The molecular formula is C13H23NO3Si. The predicted molar refractivity (Wildman–Crippen MR) is 72.9 cm³/mol. The van der Waals surface area contributed by atoms with Gasteiger partial charge in [0.2, 0.25) is 8.32 Å². The van der Waals surface area contributed by atoms with E-state index >= 15 is 0 Å². The zero-order valence-electron chi connectivity index (χ0n) is 11.9. The molecule has 0 aromatic carbocycles. The molecule has 4 nitrogen and oxygen atoms in total. The lowest BCUT2D eigenvalue weighted by molar-refractivity contribution is -0.145. The number of aliphatic carboxylic acids is 1. The Morgan fingerprint density at radius 1 is 1.39 bits per heavy atom. The van der Waals surface area contributed by atoms with Gasteiger partial charge in [0.1, 0.15) is 5.54 Å². The highest BCUT2D eigenvalue weighted by atomic mass is 28.4. The van der Waals surface area contributed by atoms with Crippen LogP contribution < -0.4 is 5.32 Å². The van der Waals surface area contributed by atoms with Crippen LogP contribution in [0.1, 0.15) is 33.1 Å². The quantitative estimate of drug-likeness (QED) is 0.773. The molecule has 2 aliphatic rings. The third kappa shape index (κ3) is 2.10. The van der Waals surface area contributed by atoms with Gasteiger partial charge in [0.25, 0.3) is 0 Å². The monoisotopic (exact) mass is 269 g/mol. The third-order valence-corrected chi connectivity index (χ3v) is 4.97. The van der Waals surface area contributed by atoms with E-state index in [1.807, 2.05) is 0 Å². The van der Waals surface area contributed by atoms with Crippen LogP contribution in [-0.4, -0.2) is 30.5 Å². The summed E-state index contributed by atoms with van der Waals surface area (Å²) in [5.41, 5.74) is 0.147. The van der Waals surface area contributed by atoms with E-state index in [0.717, 1.165) is 12.2 Å². The van der Waals surface area contributed by atoms with Crippen molar-refractivity contribution < 1.29 is 14.3 Å². The highest BCUT2D eigenvalue weighted by molar-refractivity contribution is 6.70. The van der Waals surface area contributed by atoms with E-state index in [-0.39, 0.29) is 5.54 Å². The number of carboxylic acid groups (broad SMARTS) is 1. The lowest BCUT2D eigenvalue weighted by atomic mass is 9.86. The third-order valence-electron chi connectivity index (χ3n) is 4.11. The summed E-state index contributed by atoms with van der Waals surface area (Å²) in [4.78, 5) is 11.6. The first-order chi connectivity index (χ1) is 8.08. The Hall–Kier alpha value is -0.813. The van der Waals surface area contributed by atoms with Crippen molar-refractivity contribution in [2.24, 2.45) is 0 Å². The summed E-state index contributed by atoms with van der Waals surface area (Å²) in [6, 6.07) is 0. The van der Waals surface area contributed by atoms with E-state index in [1.165, 1.54) is 5.57 Å². The summed E-state index contributed by atoms with van der Waals surface area (Å²) in [5, 5.41) is 12.8. The standard InChI is InChI=1S/C13H23NO3Si/c1-9-10(17-18(3,4)5)8-13(11(15)16)7-6-12(9,2)14-13/h14H,6-8H2,1-5H3,(H,15,16). The molecule has 18 heavy (non-hydrogen) atoms. The normalized spacial score (nSPS) is 35.8. The number of fused-ring (bicyclic) bond motifs is 2. The molecule has 102 valence electrons. The van der Waals surface area contributed by atoms with Crippen molar-refractivity contribution >= 4 is 14.3 Å². The average molecular weight is 269 g/mol. The zero-order valence-corrected chi connectivity index (χ0v) is 12.9. The molecule has 0 radical (unpaired) electrons. The van der Waals surface area contributed by atoms with Crippen molar-refractivity contribution in [2.45, 2.75) is 63.8 Å². The van der Waals surface area contributed by atoms with E-state index in [2.05, 4.69) is 38.8 Å². The summed E-state index contributed by atoms with van der Waals surface area (Å²) >= 11 is 0. The molecule has 2 atom stereocenters. The van der Waals surface area contributed by atoms with Gasteiger partial charge in [-0.3, -0.25) is 10.1 Å². The molecule has 0 aromatic rings.